The Labute approximate surface area is 111 Å². The molecule has 5 nitrogen and oxygen atoms in total. The van der Waals surface area contributed by atoms with Crippen molar-refractivity contribution in [2.45, 2.75) is 13.0 Å². The van der Waals surface area contributed by atoms with E-state index in [0.29, 0.717) is 13.0 Å². The predicted octanol–water partition coefficient (Wildman–Crippen LogP) is 0.981. The average molecular weight is 257 g/mol. The number of allylic oxidation sites excluding steroid dienone is 1. The lowest BCUT2D eigenvalue weighted by Gasteiger charge is -2.22. The first-order valence-corrected chi connectivity index (χ1v) is 6.01. The van der Waals surface area contributed by atoms with Crippen LogP contribution in [-0.4, -0.2) is 17.8 Å². The molecule has 1 aromatic rings. The van der Waals surface area contributed by atoms with Crippen LogP contribution in [0.2, 0.25) is 0 Å². The second-order valence-corrected chi connectivity index (χ2v) is 4.21. The summed E-state index contributed by atoms with van der Waals surface area (Å²) in [4.78, 5) is 27.6. The minimum absolute atomic E-state index is 0.208. The van der Waals surface area contributed by atoms with Crippen molar-refractivity contribution in [1.29, 1.82) is 0 Å². The van der Waals surface area contributed by atoms with Crippen molar-refractivity contribution in [2.24, 2.45) is 10.9 Å². The number of guanidine groups is 1. The van der Waals surface area contributed by atoms with Gasteiger partial charge >= 0.3 is 0 Å². The Hall–Kier alpha value is -2.43. The van der Waals surface area contributed by atoms with Crippen LogP contribution in [-0.2, 0) is 16.1 Å². The van der Waals surface area contributed by atoms with E-state index in [1.165, 1.54) is 0 Å². The number of carbonyl (C=O) groups excluding carboxylic acids is 2. The van der Waals surface area contributed by atoms with E-state index in [9.17, 15) is 9.59 Å². The molecule has 19 heavy (non-hydrogen) atoms. The molecular formula is C14H15N3O2. The highest BCUT2D eigenvalue weighted by atomic mass is 16.2. The van der Waals surface area contributed by atoms with Gasteiger partial charge in [-0.15, -0.1) is 6.58 Å². The van der Waals surface area contributed by atoms with Gasteiger partial charge in [-0.1, -0.05) is 36.4 Å². The highest BCUT2D eigenvalue weighted by Crippen LogP contribution is 2.08. The van der Waals surface area contributed by atoms with Crippen LogP contribution >= 0.6 is 0 Å². The molecule has 5 heteroatoms. The smallest absolute Gasteiger partial charge is 0.239 e. The highest BCUT2D eigenvalue weighted by molar-refractivity contribution is 6.17. The second-order valence-electron chi connectivity index (χ2n) is 4.21. The van der Waals surface area contributed by atoms with E-state index in [-0.39, 0.29) is 17.8 Å². The van der Waals surface area contributed by atoms with Gasteiger partial charge < -0.3 is 0 Å². The molecule has 0 radical (unpaired) electrons. The summed E-state index contributed by atoms with van der Waals surface area (Å²) < 4.78 is 0. The normalized spacial score (nSPS) is 18.5. The number of rotatable bonds is 4. The molecule has 0 aromatic heterocycles. The maximum atomic E-state index is 11.7. The Kier molecular flexibility index (Phi) is 4.07. The van der Waals surface area contributed by atoms with Crippen molar-refractivity contribution in [3.8, 4) is 0 Å². The predicted molar refractivity (Wildman–Crippen MR) is 72.2 cm³/mol. The lowest BCUT2D eigenvalue weighted by molar-refractivity contribution is -0.135. The van der Waals surface area contributed by atoms with Crippen LogP contribution < -0.4 is 10.6 Å². The first-order chi connectivity index (χ1) is 9.20. The summed E-state index contributed by atoms with van der Waals surface area (Å²) in [5, 5.41) is 5.17. The maximum absolute atomic E-state index is 11.7. The molecule has 1 fully saturated rings. The molecule has 0 saturated carbocycles. The van der Waals surface area contributed by atoms with Crippen molar-refractivity contribution in [2.75, 3.05) is 0 Å². The number of nitrogens with one attached hydrogen (secondary N) is 2. The zero-order chi connectivity index (χ0) is 13.7. The van der Waals surface area contributed by atoms with Crippen molar-refractivity contribution in [3.05, 3.63) is 48.6 Å². The van der Waals surface area contributed by atoms with Crippen molar-refractivity contribution >= 4 is 17.8 Å². The van der Waals surface area contributed by atoms with Gasteiger partial charge in [-0.05, 0) is 12.0 Å². The summed E-state index contributed by atoms with van der Waals surface area (Å²) in [6, 6.07) is 9.59. The standard InChI is InChI=1S/C14H15N3O2/c1-2-6-11-12(18)16-14(17-13(11)19)15-9-10-7-4-3-5-8-10/h2-5,7-8,11H,1,6,9H2,(H2,15,16,17,18,19). The Morgan fingerprint density at radius 3 is 2.37 bits per heavy atom. The lowest BCUT2D eigenvalue weighted by atomic mass is 10.0. The van der Waals surface area contributed by atoms with E-state index in [4.69, 9.17) is 0 Å². The summed E-state index contributed by atoms with van der Waals surface area (Å²) in [7, 11) is 0. The minimum atomic E-state index is -0.715. The van der Waals surface area contributed by atoms with E-state index in [1.807, 2.05) is 30.3 Å². The molecule has 2 N–H and O–H groups in total. The molecule has 2 rings (SSSR count). The van der Waals surface area contributed by atoms with Gasteiger partial charge in [0.05, 0.1) is 6.54 Å². The third kappa shape index (κ3) is 3.28. The number of nitrogens with zero attached hydrogens (tertiary/aromatic N) is 1. The topological polar surface area (TPSA) is 70.6 Å². The van der Waals surface area contributed by atoms with Crippen LogP contribution in [0.25, 0.3) is 0 Å². The van der Waals surface area contributed by atoms with Gasteiger partial charge in [-0.2, -0.15) is 0 Å². The lowest BCUT2D eigenvalue weighted by Crippen LogP contribution is -2.56. The van der Waals surface area contributed by atoms with Gasteiger partial charge in [0.2, 0.25) is 17.8 Å². The summed E-state index contributed by atoms with van der Waals surface area (Å²) in [6.07, 6.45) is 1.87. The molecule has 1 aromatic carbocycles. The van der Waals surface area contributed by atoms with E-state index >= 15 is 0 Å². The van der Waals surface area contributed by atoms with Gasteiger partial charge in [0.15, 0.2) is 0 Å². The van der Waals surface area contributed by atoms with Crippen molar-refractivity contribution in [1.82, 2.24) is 10.6 Å². The fraction of sp³-hybridized carbons (Fsp3) is 0.214. The molecule has 0 spiro atoms. The third-order valence-corrected chi connectivity index (χ3v) is 2.78. The number of amides is 2. The number of hydrogen-bond donors (Lipinski definition) is 2. The minimum Gasteiger partial charge on any atom is -0.296 e. The summed E-state index contributed by atoms with van der Waals surface area (Å²) in [5.41, 5.74) is 1.01. The number of aliphatic imine (C=N–C) groups is 1. The monoisotopic (exact) mass is 257 g/mol. The molecule has 2 amide bonds. The SMILES string of the molecule is C=CCC1C(=O)NC(=NCc2ccccc2)NC1=O. The summed E-state index contributed by atoms with van der Waals surface area (Å²) in [5.74, 6) is -1.18. The molecule has 1 aliphatic heterocycles. The van der Waals surface area contributed by atoms with Gasteiger partial charge in [0.25, 0.3) is 0 Å². The highest BCUT2D eigenvalue weighted by Gasteiger charge is 2.31. The van der Waals surface area contributed by atoms with Crippen LogP contribution in [0, 0.1) is 5.92 Å². The van der Waals surface area contributed by atoms with Crippen LogP contribution in [0.15, 0.2) is 48.0 Å². The quantitative estimate of drug-likeness (QED) is 0.623. The first-order valence-electron chi connectivity index (χ1n) is 6.01. The molecule has 1 aliphatic rings. The van der Waals surface area contributed by atoms with Crippen LogP contribution in [0.5, 0.6) is 0 Å². The molecule has 0 aliphatic carbocycles. The Morgan fingerprint density at radius 1 is 1.16 bits per heavy atom. The molecule has 0 unspecified atom stereocenters. The van der Waals surface area contributed by atoms with Crippen LogP contribution in [0.3, 0.4) is 0 Å². The first kappa shape index (κ1) is 13.0. The van der Waals surface area contributed by atoms with Gasteiger partial charge in [-0.25, -0.2) is 4.99 Å². The van der Waals surface area contributed by atoms with E-state index < -0.39 is 5.92 Å². The second kappa shape index (κ2) is 5.95. The Balaban J connectivity index is 2.02. The number of carbonyl (C=O) groups is 2. The van der Waals surface area contributed by atoms with E-state index in [2.05, 4.69) is 22.2 Å². The molecule has 1 saturated heterocycles. The van der Waals surface area contributed by atoms with Crippen molar-refractivity contribution in [3.63, 3.8) is 0 Å². The van der Waals surface area contributed by atoms with Crippen molar-refractivity contribution < 1.29 is 9.59 Å². The zero-order valence-electron chi connectivity index (χ0n) is 10.4. The fourth-order valence-electron chi connectivity index (χ4n) is 1.77. The largest absolute Gasteiger partial charge is 0.296 e. The summed E-state index contributed by atoms with van der Waals surface area (Å²) >= 11 is 0. The van der Waals surface area contributed by atoms with E-state index in [1.54, 1.807) is 6.08 Å². The molecular weight excluding hydrogens is 242 g/mol. The number of hydrogen-bond acceptors (Lipinski definition) is 3. The molecule has 0 atom stereocenters. The Morgan fingerprint density at radius 2 is 1.79 bits per heavy atom. The van der Waals surface area contributed by atoms with Gasteiger partial charge in [0, 0.05) is 0 Å². The third-order valence-electron chi connectivity index (χ3n) is 2.78. The molecule has 98 valence electrons. The maximum Gasteiger partial charge on any atom is 0.239 e. The summed E-state index contributed by atoms with van der Waals surface area (Å²) in [6.45, 7) is 3.93. The van der Waals surface area contributed by atoms with Gasteiger partial charge in [0.1, 0.15) is 5.92 Å². The number of benzene rings is 1. The molecule has 1 heterocycles. The van der Waals surface area contributed by atoms with E-state index in [0.717, 1.165) is 5.56 Å². The fourth-order valence-corrected chi connectivity index (χ4v) is 1.77. The molecule has 0 bridgehead atoms. The average Bonchev–Trinajstić information content (AvgIpc) is 2.42. The zero-order valence-corrected chi connectivity index (χ0v) is 10.4. The van der Waals surface area contributed by atoms with Crippen LogP contribution in [0.4, 0.5) is 0 Å². The van der Waals surface area contributed by atoms with Crippen LogP contribution in [0.1, 0.15) is 12.0 Å². The van der Waals surface area contributed by atoms with Gasteiger partial charge in [-0.3, -0.25) is 20.2 Å². The Bertz CT molecular complexity index is 503.